The summed E-state index contributed by atoms with van der Waals surface area (Å²) in [4.78, 5) is 53.7. The second kappa shape index (κ2) is 11.2. The van der Waals surface area contributed by atoms with Crippen molar-refractivity contribution in [3.8, 4) is 0 Å². The third-order valence-electron chi connectivity index (χ3n) is 6.22. The fourth-order valence-electron chi connectivity index (χ4n) is 4.41. The monoisotopic (exact) mass is 559 g/mol. The molecular weight excluding hydrogens is 518 g/mol. The van der Waals surface area contributed by atoms with Gasteiger partial charge in [-0.3, -0.25) is 13.8 Å². The average Bonchev–Trinajstić information content (AvgIpc) is 3.29. The predicted molar refractivity (Wildman–Crippen MR) is 138 cm³/mol. The van der Waals surface area contributed by atoms with Gasteiger partial charge >= 0.3 is 12.1 Å². The quantitative estimate of drug-likeness (QED) is 0.243. The Morgan fingerprint density at radius 2 is 1.76 bits per heavy atom. The summed E-state index contributed by atoms with van der Waals surface area (Å²) in [6.45, 7) is 15.5. The molecule has 12 nitrogen and oxygen atoms in total. The van der Waals surface area contributed by atoms with E-state index in [0.717, 1.165) is 6.26 Å². The molecule has 3 amide bonds. The molecule has 2 aliphatic rings. The number of esters is 1. The second-order valence-electron chi connectivity index (χ2n) is 11.8. The van der Waals surface area contributed by atoms with Gasteiger partial charge in [-0.25, -0.2) is 9.59 Å². The van der Waals surface area contributed by atoms with Gasteiger partial charge in [0.1, 0.15) is 23.2 Å². The van der Waals surface area contributed by atoms with E-state index in [9.17, 15) is 27.6 Å². The zero-order valence-electron chi connectivity index (χ0n) is 23.5. The van der Waals surface area contributed by atoms with Crippen molar-refractivity contribution in [2.45, 2.75) is 90.6 Å². The lowest BCUT2D eigenvalue weighted by Gasteiger charge is -2.36. The molecule has 13 heteroatoms. The van der Waals surface area contributed by atoms with Crippen LogP contribution in [0.5, 0.6) is 0 Å². The summed E-state index contributed by atoms with van der Waals surface area (Å²) >= 11 is 0. The van der Waals surface area contributed by atoms with E-state index in [2.05, 4.69) is 17.2 Å². The number of hydrogen-bond donors (Lipinski definition) is 2. The first kappa shape index (κ1) is 31.5. The minimum Gasteiger partial charge on any atom is -0.464 e. The van der Waals surface area contributed by atoms with E-state index in [-0.39, 0.29) is 31.9 Å². The zero-order chi connectivity index (χ0) is 29.3. The Morgan fingerprint density at radius 1 is 1.16 bits per heavy atom. The van der Waals surface area contributed by atoms with Crippen LogP contribution in [0.15, 0.2) is 12.7 Å². The number of nitrogens with one attached hydrogen (secondary N) is 2. The first-order valence-corrected chi connectivity index (χ1v) is 14.4. The van der Waals surface area contributed by atoms with Crippen molar-refractivity contribution in [2.24, 2.45) is 11.3 Å². The first-order chi connectivity index (χ1) is 17.2. The van der Waals surface area contributed by atoms with Crippen molar-refractivity contribution in [2.75, 3.05) is 19.4 Å². The predicted octanol–water partition coefficient (Wildman–Crippen LogP) is 1.50. The SMILES string of the molecule is C=C[C@@H]1C[C@]1(NC(=O)[C@@H]1C[C@H](OS(C)(=O)=O)CN1C(=O)[C@@H](NC(=O)OC(C)(C)C)C(C)(C)C)C(=O)OCC. The van der Waals surface area contributed by atoms with Gasteiger partial charge in [0.05, 0.1) is 19.0 Å². The number of carbonyl (C=O) groups is 4. The minimum absolute atomic E-state index is 0.113. The van der Waals surface area contributed by atoms with E-state index in [4.69, 9.17) is 13.7 Å². The van der Waals surface area contributed by atoms with Gasteiger partial charge < -0.3 is 25.0 Å². The van der Waals surface area contributed by atoms with Crippen LogP contribution in [0, 0.1) is 11.3 Å². The average molecular weight is 560 g/mol. The van der Waals surface area contributed by atoms with Crippen LogP contribution in [0.4, 0.5) is 4.79 Å². The summed E-state index contributed by atoms with van der Waals surface area (Å²) in [5.74, 6) is -2.25. The van der Waals surface area contributed by atoms with E-state index in [1.54, 1.807) is 54.5 Å². The Balaban J connectivity index is 2.37. The highest BCUT2D eigenvalue weighted by Crippen LogP contribution is 2.45. The molecule has 0 spiro atoms. The highest BCUT2D eigenvalue weighted by Gasteiger charge is 2.62. The molecule has 0 bridgehead atoms. The number of likely N-dealkylation sites (tertiary alicyclic amines) is 1. The van der Waals surface area contributed by atoms with E-state index < -0.39 is 68.7 Å². The number of amides is 3. The van der Waals surface area contributed by atoms with E-state index >= 15 is 0 Å². The lowest BCUT2D eigenvalue weighted by Crippen LogP contribution is -2.59. The van der Waals surface area contributed by atoms with Crippen LogP contribution in [-0.2, 0) is 38.2 Å². The number of hydrogen-bond acceptors (Lipinski definition) is 9. The van der Waals surface area contributed by atoms with Gasteiger partial charge in [0.2, 0.25) is 11.8 Å². The fourth-order valence-corrected chi connectivity index (χ4v) is 5.05. The van der Waals surface area contributed by atoms with Crippen LogP contribution in [0.3, 0.4) is 0 Å². The third-order valence-corrected chi connectivity index (χ3v) is 6.84. The Labute approximate surface area is 224 Å². The van der Waals surface area contributed by atoms with Gasteiger partial charge in [-0.1, -0.05) is 26.8 Å². The summed E-state index contributed by atoms with van der Waals surface area (Å²) in [5, 5.41) is 5.31. The Morgan fingerprint density at radius 3 is 2.21 bits per heavy atom. The number of carbonyl (C=O) groups excluding carboxylic acids is 4. The first-order valence-electron chi connectivity index (χ1n) is 12.5. The Bertz CT molecular complexity index is 1060. The Kier molecular flexibility index (Phi) is 9.31. The molecule has 216 valence electrons. The van der Waals surface area contributed by atoms with E-state index in [1.165, 1.54) is 4.90 Å². The number of rotatable bonds is 9. The van der Waals surface area contributed by atoms with Crippen LogP contribution in [-0.4, -0.2) is 85.9 Å². The second-order valence-corrected chi connectivity index (χ2v) is 13.4. The van der Waals surface area contributed by atoms with Gasteiger partial charge in [0.25, 0.3) is 10.1 Å². The molecule has 2 rings (SSSR count). The molecule has 2 N–H and O–H groups in total. The fraction of sp³-hybridized carbons (Fsp3) is 0.760. The molecule has 1 aliphatic carbocycles. The smallest absolute Gasteiger partial charge is 0.408 e. The van der Waals surface area contributed by atoms with Crippen LogP contribution < -0.4 is 10.6 Å². The molecular formula is C25H41N3O9S. The number of alkyl carbamates (subject to hydrolysis) is 1. The standard InChI is InChI=1S/C25H41N3O9S/c1-10-15-13-25(15,21(31)35-11-2)27-19(29)17-12-16(37-38(9,33)34)14-28(17)20(30)18(23(3,4)5)26-22(32)36-24(6,7)8/h10,15-18H,1,11-14H2,2-9H3,(H,26,32)(H,27,29)/t15-,16+,17+,18-,25-/m1/s1. The van der Waals surface area contributed by atoms with E-state index in [0.29, 0.717) is 0 Å². The maximum absolute atomic E-state index is 13.8. The molecule has 0 radical (unpaired) electrons. The topological polar surface area (TPSA) is 157 Å². The molecule has 0 aromatic carbocycles. The normalized spacial score (nSPS) is 26.2. The van der Waals surface area contributed by atoms with Gasteiger partial charge in [0.15, 0.2) is 0 Å². The highest BCUT2D eigenvalue weighted by atomic mass is 32.2. The van der Waals surface area contributed by atoms with Crippen LogP contribution in [0.2, 0.25) is 0 Å². The maximum Gasteiger partial charge on any atom is 0.408 e. The summed E-state index contributed by atoms with van der Waals surface area (Å²) in [7, 11) is -3.90. The molecule has 1 heterocycles. The van der Waals surface area contributed by atoms with Gasteiger partial charge in [-0.05, 0) is 39.5 Å². The van der Waals surface area contributed by atoms with Gasteiger partial charge in [0, 0.05) is 18.9 Å². The Hall–Kier alpha value is -2.67. The molecule has 2 fully saturated rings. The lowest BCUT2D eigenvalue weighted by molar-refractivity contribution is -0.150. The van der Waals surface area contributed by atoms with Crippen molar-refractivity contribution < 1.29 is 41.3 Å². The summed E-state index contributed by atoms with van der Waals surface area (Å²) in [5.41, 5.74) is -2.92. The highest BCUT2D eigenvalue weighted by molar-refractivity contribution is 7.86. The molecule has 1 saturated heterocycles. The zero-order valence-corrected chi connectivity index (χ0v) is 24.3. The molecule has 1 saturated carbocycles. The molecule has 5 atom stereocenters. The summed E-state index contributed by atoms with van der Waals surface area (Å²) in [6.07, 6.45) is 0.762. The van der Waals surface area contributed by atoms with Crippen molar-refractivity contribution in [3.63, 3.8) is 0 Å². The van der Waals surface area contributed by atoms with Crippen LogP contribution in [0.25, 0.3) is 0 Å². The largest absolute Gasteiger partial charge is 0.464 e. The van der Waals surface area contributed by atoms with Crippen LogP contribution >= 0.6 is 0 Å². The number of nitrogens with zero attached hydrogens (tertiary/aromatic N) is 1. The molecule has 0 aromatic rings. The van der Waals surface area contributed by atoms with Gasteiger partial charge in [-0.2, -0.15) is 8.42 Å². The van der Waals surface area contributed by atoms with Crippen molar-refractivity contribution in [1.82, 2.24) is 15.5 Å². The summed E-state index contributed by atoms with van der Waals surface area (Å²) < 4.78 is 39.2. The van der Waals surface area contributed by atoms with E-state index in [1.807, 2.05) is 0 Å². The van der Waals surface area contributed by atoms with Crippen molar-refractivity contribution >= 4 is 34.0 Å². The molecule has 1 aliphatic heterocycles. The maximum atomic E-state index is 13.8. The summed E-state index contributed by atoms with van der Waals surface area (Å²) in [6, 6.07) is -2.29. The van der Waals surface area contributed by atoms with Gasteiger partial charge in [-0.15, -0.1) is 6.58 Å². The lowest BCUT2D eigenvalue weighted by atomic mass is 9.85. The molecule has 0 aromatic heterocycles. The molecule has 0 unspecified atom stereocenters. The number of ether oxygens (including phenoxy) is 2. The molecule has 38 heavy (non-hydrogen) atoms. The van der Waals surface area contributed by atoms with Crippen molar-refractivity contribution in [3.05, 3.63) is 12.7 Å². The minimum atomic E-state index is -3.90. The third kappa shape index (κ3) is 7.92. The van der Waals surface area contributed by atoms with Crippen LogP contribution in [0.1, 0.15) is 61.3 Å². The van der Waals surface area contributed by atoms with Crippen molar-refractivity contribution in [1.29, 1.82) is 0 Å².